The normalized spacial score (nSPS) is 21.2. The van der Waals surface area contributed by atoms with E-state index in [2.05, 4.69) is 0 Å². The van der Waals surface area contributed by atoms with Crippen LogP contribution in [-0.2, 0) is 19.6 Å². The van der Waals surface area contributed by atoms with Crippen molar-refractivity contribution in [2.75, 3.05) is 19.8 Å². The Bertz CT molecular complexity index is 584. The molecule has 1 fully saturated rings. The average molecular weight is 285 g/mol. The van der Waals surface area contributed by atoms with Gasteiger partial charge in [-0.15, -0.1) is 0 Å². The van der Waals surface area contributed by atoms with E-state index in [0.717, 1.165) is 4.31 Å². The van der Waals surface area contributed by atoms with Gasteiger partial charge in [-0.05, 0) is 18.6 Å². The molecule has 1 heterocycles. The number of carboxylic acid groups (broad SMARTS) is 1. The molecule has 0 amide bonds. The third kappa shape index (κ3) is 2.63. The Hall–Kier alpha value is -1.44. The summed E-state index contributed by atoms with van der Waals surface area (Å²) in [4.78, 5) is 11.3. The van der Waals surface area contributed by atoms with Crippen LogP contribution in [0.4, 0.5) is 0 Å². The minimum absolute atomic E-state index is 0.0492. The summed E-state index contributed by atoms with van der Waals surface area (Å²) in [5.74, 6) is -1.20. The lowest BCUT2D eigenvalue weighted by Crippen LogP contribution is -2.52. The number of rotatable bonds is 3. The third-order valence-corrected chi connectivity index (χ3v) is 5.11. The van der Waals surface area contributed by atoms with E-state index < -0.39 is 22.0 Å². The number of ether oxygens (including phenoxy) is 1. The van der Waals surface area contributed by atoms with Crippen LogP contribution >= 0.6 is 0 Å². The van der Waals surface area contributed by atoms with Crippen LogP contribution in [0.1, 0.15) is 5.56 Å². The molecule has 0 aliphatic carbocycles. The number of hydrogen-bond donors (Lipinski definition) is 1. The number of sulfonamides is 1. The molecule has 1 aliphatic heterocycles. The molecule has 0 bridgehead atoms. The molecule has 0 saturated carbocycles. The summed E-state index contributed by atoms with van der Waals surface area (Å²) in [5.41, 5.74) is 0.595. The fraction of sp³-hybridized carbons (Fsp3) is 0.417. The highest BCUT2D eigenvalue weighted by Gasteiger charge is 2.38. The molecule has 0 radical (unpaired) electrons. The first-order valence-electron chi connectivity index (χ1n) is 5.82. The van der Waals surface area contributed by atoms with Crippen molar-refractivity contribution >= 4 is 16.0 Å². The van der Waals surface area contributed by atoms with E-state index in [1.807, 2.05) is 0 Å². The number of carboxylic acids is 1. The largest absolute Gasteiger partial charge is 0.480 e. The number of morpholine rings is 1. The summed E-state index contributed by atoms with van der Waals surface area (Å²) >= 11 is 0. The number of aryl methyl sites for hydroxylation is 1. The van der Waals surface area contributed by atoms with Crippen molar-refractivity contribution in [3.8, 4) is 0 Å². The lowest BCUT2D eigenvalue weighted by Gasteiger charge is -2.32. The fourth-order valence-corrected chi connectivity index (χ4v) is 3.82. The van der Waals surface area contributed by atoms with E-state index in [4.69, 9.17) is 9.84 Å². The second kappa shape index (κ2) is 5.28. The Morgan fingerprint density at radius 2 is 2.11 bits per heavy atom. The van der Waals surface area contributed by atoms with Gasteiger partial charge >= 0.3 is 5.97 Å². The molecule has 0 aromatic heterocycles. The van der Waals surface area contributed by atoms with E-state index >= 15 is 0 Å². The van der Waals surface area contributed by atoms with Gasteiger partial charge in [0.2, 0.25) is 10.0 Å². The van der Waals surface area contributed by atoms with Crippen LogP contribution in [0, 0.1) is 6.92 Å². The molecule has 0 spiro atoms. The zero-order valence-corrected chi connectivity index (χ0v) is 11.3. The highest BCUT2D eigenvalue weighted by molar-refractivity contribution is 7.89. The Morgan fingerprint density at radius 1 is 1.42 bits per heavy atom. The molecule has 6 nitrogen and oxygen atoms in total. The quantitative estimate of drug-likeness (QED) is 0.872. The predicted molar refractivity (Wildman–Crippen MR) is 67.3 cm³/mol. The summed E-state index contributed by atoms with van der Waals surface area (Å²) in [7, 11) is -3.81. The second-order valence-electron chi connectivity index (χ2n) is 4.31. The van der Waals surface area contributed by atoms with E-state index in [1.54, 1.807) is 25.1 Å². The van der Waals surface area contributed by atoms with Gasteiger partial charge < -0.3 is 9.84 Å². The van der Waals surface area contributed by atoms with E-state index in [0.29, 0.717) is 5.56 Å². The number of aliphatic carboxylic acids is 1. The summed E-state index contributed by atoms with van der Waals surface area (Å²) < 4.78 is 31.1. The van der Waals surface area contributed by atoms with Crippen molar-refractivity contribution in [3.05, 3.63) is 29.8 Å². The second-order valence-corrected chi connectivity index (χ2v) is 6.17. The molecule has 1 atom stereocenters. The molecular formula is C12H15NO5S. The van der Waals surface area contributed by atoms with Crippen LogP contribution < -0.4 is 0 Å². The van der Waals surface area contributed by atoms with Gasteiger partial charge in [0.1, 0.15) is 6.04 Å². The molecule has 104 valence electrons. The first-order chi connectivity index (χ1) is 8.94. The molecule has 1 aromatic carbocycles. The Labute approximate surface area is 111 Å². The van der Waals surface area contributed by atoms with Crippen molar-refractivity contribution < 1.29 is 23.1 Å². The highest BCUT2D eigenvalue weighted by Crippen LogP contribution is 2.23. The first kappa shape index (κ1) is 14.0. The molecule has 7 heteroatoms. The smallest absolute Gasteiger partial charge is 0.324 e. The molecule has 1 saturated heterocycles. The van der Waals surface area contributed by atoms with Crippen molar-refractivity contribution in [2.45, 2.75) is 17.9 Å². The molecule has 2 rings (SSSR count). The van der Waals surface area contributed by atoms with Crippen LogP contribution in [0.25, 0.3) is 0 Å². The van der Waals surface area contributed by atoms with Gasteiger partial charge in [-0.25, -0.2) is 8.42 Å². The van der Waals surface area contributed by atoms with Gasteiger partial charge in [0.15, 0.2) is 0 Å². The molecule has 1 unspecified atom stereocenters. The van der Waals surface area contributed by atoms with Crippen LogP contribution in [0.15, 0.2) is 29.2 Å². The maximum absolute atomic E-state index is 12.5. The fourth-order valence-electron chi connectivity index (χ4n) is 2.04. The lowest BCUT2D eigenvalue weighted by atomic mass is 10.2. The standard InChI is InChI=1S/C12H15NO5S/c1-9-4-2-3-5-11(9)19(16,17)13-6-7-18-8-10(13)12(14)15/h2-5,10H,6-8H2,1H3,(H,14,15). The Morgan fingerprint density at radius 3 is 2.74 bits per heavy atom. The monoisotopic (exact) mass is 285 g/mol. The summed E-state index contributed by atoms with van der Waals surface area (Å²) in [6.07, 6.45) is 0. The van der Waals surface area contributed by atoms with Gasteiger partial charge in [-0.2, -0.15) is 4.31 Å². The highest BCUT2D eigenvalue weighted by atomic mass is 32.2. The van der Waals surface area contributed by atoms with Crippen molar-refractivity contribution in [1.29, 1.82) is 0 Å². The van der Waals surface area contributed by atoms with Gasteiger partial charge in [-0.1, -0.05) is 18.2 Å². The zero-order chi connectivity index (χ0) is 14.0. The third-order valence-electron chi connectivity index (χ3n) is 3.04. The molecule has 1 aliphatic rings. The number of benzene rings is 1. The van der Waals surface area contributed by atoms with Gasteiger partial charge in [0.25, 0.3) is 0 Å². The van der Waals surface area contributed by atoms with Gasteiger partial charge in [0, 0.05) is 6.54 Å². The molecule has 19 heavy (non-hydrogen) atoms. The van der Waals surface area contributed by atoms with Crippen molar-refractivity contribution in [2.24, 2.45) is 0 Å². The maximum atomic E-state index is 12.5. The van der Waals surface area contributed by atoms with Crippen LogP contribution in [0.5, 0.6) is 0 Å². The van der Waals surface area contributed by atoms with Gasteiger partial charge in [0.05, 0.1) is 18.1 Å². The number of carbonyl (C=O) groups is 1. The van der Waals surface area contributed by atoms with Crippen LogP contribution in [0.3, 0.4) is 0 Å². The zero-order valence-electron chi connectivity index (χ0n) is 10.4. The SMILES string of the molecule is Cc1ccccc1S(=O)(=O)N1CCOCC1C(=O)O. The summed E-state index contributed by atoms with van der Waals surface area (Å²) in [6.45, 7) is 1.81. The summed E-state index contributed by atoms with van der Waals surface area (Å²) in [6, 6.07) is 5.36. The first-order valence-corrected chi connectivity index (χ1v) is 7.26. The number of hydrogen-bond acceptors (Lipinski definition) is 4. The minimum atomic E-state index is -3.81. The van der Waals surface area contributed by atoms with E-state index in [-0.39, 0.29) is 24.7 Å². The maximum Gasteiger partial charge on any atom is 0.324 e. The Balaban J connectivity index is 2.43. The number of nitrogens with zero attached hydrogens (tertiary/aromatic N) is 1. The van der Waals surface area contributed by atoms with Crippen LogP contribution in [-0.4, -0.2) is 49.6 Å². The van der Waals surface area contributed by atoms with Crippen molar-refractivity contribution in [3.63, 3.8) is 0 Å². The van der Waals surface area contributed by atoms with Gasteiger partial charge in [-0.3, -0.25) is 4.79 Å². The molecule has 1 N–H and O–H groups in total. The molecule has 1 aromatic rings. The average Bonchev–Trinajstić information content (AvgIpc) is 2.39. The summed E-state index contributed by atoms with van der Waals surface area (Å²) in [5, 5.41) is 9.10. The molecular weight excluding hydrogens is 270 g/mol. The van der Waals surface area contributed by atoms with E-state index in [9.17, 15) is 13.2 Å². The van der Waals surface area contributed by atoms with E-state index in [1.165, 1.54) is 6.07 Å². The lowest BCUT2D eigenvalue weighted by molar-refractivity contribution is -0.146. The minimum Gasteiger partial charge on any atom is -0.480 e. The van der Waals surface area contributed by atoms with Crippen LogP contribution in [0.2, 0.25) is 0 Å². The predicted octanol–water partition coefficient (Wildman–Crippen LogP) is 0.469. The topological polar surface area (TPSA) is 83.9 Å². The Kier molecular flexibility index (Phi) is 3.88. The van der Waals surface area contributed by atoms with Crippen molar-refractivity contribution in [1.82, 2.24) is 4.31 Å².